The molecule has 2 aromatic rings. The van der Waals surface area contributed by atoms with Crippen molar-refractivity contribution in [1.82, 2.24) is 24.6 Å². The van der Waals surface area contributed by atoms with Gasteiger partial charge in [-0.3, -0.25) is 9.30 Å². The largest absolute Gasteiger partial charge is 0.316 e. The second-order valence-corrected chi connectivity index (χ2v) is 5.43. The topological polar surface area (TPSA) is 45.5 Å². The van der Waals surface area contributed by atoms with Crippen LogP contribution >= 0.6 is 0 Å². The SMILES string of the molecule is c1cnc2nc(CN3C[C@H]4CNC[C@H]4C3)cn2c1. The lowest BCUT2D eigenvalue weighted by Crippen LogP contribution is -2.25. The van der Waals surface area contributed by atoms with Crippen molar-refractivity contribution in [3.63, 3.8) is 0 Å². The first-order valence-corrected chi connectivity index (χ1v) is 6.60. The van der Waals surface area contributed by atoms with Gasteiger partial charge in [0.1, 0.15) is 0 Å². The minimum absolute atomic E-state index is 0.800. The van der Waals surface area contributed by atoms with Crippen LogP contribution in [0.15, 0.2) is 24.7 Å². The minimum Gasteiger partial charge on any atom is -0.316 e. The maximum Gasteiger partial charge on any atom is 0.233 e. The average molecular weight is 243 g/mol. The van der Waals surface area contributed by atoms with Crippen LogP contribution in [0, 0.1) is 11.8 Å². The van der Waals surface area contributed by atoms with E-state index in [2.05, 4.69) is 26.4 Å². The van der Waals surface area contributed by atoms with Crippen LogP contribution in [0.5, 0.6) is 0 Å². The normalized spacial score (nSPS) is 28.0. The summed E-state index contributed by atoms with van der Waals surface area (Å²) in [6, 6.07) is 1.93. The molecule has 0 spiro atoms. The molecule has 0 radical (unpaired) electrons. The predicted molar refractivity (Wildman–Crippen MR) is 68.1 cm³/mol. The van der Waals surface area contributed by atoms with E-state index in [1.807, 2.05) is 16.7 Å². The zero-order chi connectivity index (χ0) is 11.9. The molecule has 0 aromatic carbocycles. The average Bonchev–Trinajstić information content (AvgIpc) is 3.01. The number of hydrogen-bond acceptors (Lipinski definition) is 4. The molecular formula is C13H17N5. The molecule has 2 fully saturated rings. The zero-order valence-corrected chi connectivity index (χ0v) is 10.3. The van der Waals surface area contributed by atoms with Gasteiger partial charge in [0, 0.05) is 38.2 Å². The molecule has 5 heteroatoms. The van der Waals surface area contributed by atoms with Crippen LogP contribution in [0.1, 0.15) is 5.69 Å². The van der Waals surface area contributed by atoms with Crippen molar-refractivity contribution in [3.8, 4) is 0 Å². The van der Waals surface area contributed by atoms with Gasteiger partial charge in [-0.1, -0.05) is 0 Å². The van der Waals surface area contributed by atoms with E-state index in [0.29, 0.717) is 0 Å². The maximum atomic E-state index is 4.56. The van der Waals surface area contributed by atoms with Crippen LogP contribution in [-0.2, 0) is 6.54 Å². The molecule has 0 saturated carbocycles. The van der Waals surface area contributed by atoms with Crippen LogP contribution in [0.3, 0.4) is 0 Å². The monoisotopic (exact) mass is 243 g/mol. The van der Waals surface area contributed by atoms with Crippen molar-refractivity contribution in [2.24, 2.45) is 11.8 Å². The Balaban J connectivity index is 1.51. The smallest absolute Gasteiger partial charge is 0.233 e. The number of rotatable bonds is 2. The van der Waals surface area contributed by atoms with Gasteiger partial charge in [-0.15, -0.1) is 0 Å². The van der Waals surface area contributed by atoms with Gasteiger partial charge in [0.2, 0.25) is 5.78 Å². The summed E-state index contributed by atoms with van der Waals surface area (Å²) < 4.78 is 1.99. The molecule has 18 heavy (non-hydrogen) atoms. The molecule has 2 saturated heterocycles. The number of fused-ring (bicyclic) bond motifs is 2. The molecule has 2 aliphatic rings. The maximum absolute atomic E-state index is 4.56. The zero-order valence-electron chi connectivity index (χ0n) is 10.3. The molecule has 94 valence electrons. The summed E-state index contributed by atoms with van der Waals surface area (Å²) >= 11 is 0. The Labute approximate surface area is 106 Å². The third kappa shape index (κ3) is 1.71. The van der Waals surface area contributed by atoms with Gasteiger partial charge in [0.15, 0.2) is 0 Å². The highest BCUT2D eigenvalue weighted by Gasteiger charge is 2.35. The quantitative estimate of drug-likeness (QED) is 0.828. The first-order chi connectivity index (χ1) is 8.88. The fourth-order valence-electron chi connectivity index (χ4n) is 3.27. The van der Waals surface area contributed by atoms with Crippen LogP contribution in [0.2, 0.25) is 0 Å². The molecule has 0 bridgehead atoms. The van der Waals surface area contributed by atoms with Gasteiger partial charge in [0.25, 0.3) is 0 Å². The number of imidazole rings is 1. The molecule has 1 N–H and O–H groups in total. The third-order valence-electron chi connectivity index (χ3n) is 4.14. The van der Waals surface area contributed by atoms with Gasteiger partial charge >= 0.3 is 0 Å². The molecule has 2 aromatic heterocycles. The summed E-state index contributed by atoms with van der Waals surface area (Å²) in [6.07, 6.45) is 5.88. The van der Waals surface area contributed by atoms with E-state index in [1.54, 1.807) is 6.20 Å². The van der Waals surface area contributed by atoms with E-state index in [-0.39, 0.29) is 0 Å². The Hall–Kier alpha value is -1.46. The molecule has 0 aliphatic carbocycles. The minimum atomic E-state index is 0.800. The van der Waals surface area contributed by atoms with E-state index in [4.69, 9.17) is 0 Å². The van der Waals surface area contributed by atoms with Crippen LogP contribution in [0.4, 0.5) is 0 Å². The Morgan fingerprint density at radius 2 is 2.11 bits per heavy atom. The second kappa shape index (κ2) is 4.03. The van der Waals surface area contributed by atoms with Crippen LogP contribution in [-0.4, -0.2) is 45.4 Å². The Kier molecular flexibility index (Phi) is 2.34. The van der Waals surface area contributed by atoms with E-state index in [1.165, 1.54) is 26.2 Å². The molecule has 2 atom stereocenters. The fourth-order valence-corrected chi connectivity index (χ4v) is 3.27. The number of hydrogen-bond donors (Lipinski definition) is 1. The first kappa shape index (κ1) is 10.5. The van der Waals surface area contributed by atoms with Gasteiger partial charge in [-0.25, -0.2) is 9.97 Å². The third-order valence-corrected chi connectivity index (χ3v) is 4.14. The molecule has 2 aliphatic heterocycles. The standard InChI is InChI=1S/C13H17N5/c1-2-15-13-16-12(9-18(13)3-1)8-17-6-10-4-14-5-11(10)7-17/h1-3,9-11,14H,4-8H2/t10-,11+. The predicted octanol–water partition coefficient (Wildman–Crippen LogP) is 0.380. The van der Waals surface area contributed by atoms with Gasteiger partial charge in [-0.2, -0.15) is 0 Å². The van der Waals surface area contributed by atoms with Crippen molar-refractivity contribution in [2.45, 2.75) is 6.54 Å². The highest BCUT2D eigenvalue weighted by molar-refractivity contribution is 5.29. The Bertz CT molecular complexity index is 518. The highest BCUT2D eigenvalue weighted by atomic mass is 15.2. The lowest BCUT2D eigenvalue weighted by molar-refractivity contribution is 0.302. The lowest BCUT2D eigenvalue weighted by Gasteiger charge is -2.14. The number of likely N-dealkylation sites (tertiary alicyclic amines) is 1. The van der Waals surface area contributed by atoms with E-state index in [9.17, 15) is 0 Å². The van der Waals surface area contributed by atoms with Crippen molar-refractivity contribution >= 4 is 5.78 Å². The van der Waals surface area contributed by atoms with E-state index >= 15 is 0 Å². The van der Waals surface area contributed by atoms with Crippen molar-refractivity contribution in [3.05, 3.63) is 30.4 Å². The van der Waals surface area contributed by atoms with Gasteiger partial charge in [0.05, 0.1) is 5.69 Å². The second-order valence-electron chi connectivity index (χ2n) is 5.43. The van der Waals surface area contributed by atoms with Crippen molar-refractivity contribution in [2.75, 3.05) is 26.2 Å². The molecular weight excluding hydrogens is 226 g/mol. The van der Waals surface area contributed by atoms with Gasteiger partial charge < -0.3 is 5.32 Å². The Morgan fingerprint density at radius 1 is 1.28 bits per heavy atom. The number of nitrogens with zero attached hydrogens (tertiary/aromatic N) is 4. The first-order valence-electron chi connectivity index (χ1n) is 6.60. The Morgan fingerprint density at radius 3 is 2.89 bits per heavy atom. The highest BCUT2D eigenvalue weighted by Crippen LogP contribution is 2.27. The van der Waals surface area contributed by atoms with E-state index in [0.717, 1.165) is 29.9 Å². The van der Waals surface area contributed by atoms with Gasteiger partial charge in [-0.05, 0) is 31.0 Å². The number of aromatic nitrogens is 3. The molecule has 0 unspecified atom stereocenters. The summed E-state index contributed by atoms with van der Waals surface area (Å²) in [4.78, 5) is 11.3. The summed E-state index contributed by atoms with van der Waals surface area (Å²) in [5.74, 6) is 2.49. The van der Waals surface area contributed by atoms with Crippen molar-refractivity contribution < 1.29 is 0 Å². The molecule has 0 amide bonds. The lowest BCUT2D eigenvalue weighted by atomic mass is 10.0. The summed E-state index contributed by atoms with van der Waals surface area (Å²) in [7, 11) is 0. The van der Waals surface area contributed by atoms with E-state index < -0.39 is 0 Å². The summed E-state index contributed by atoms with van der Waals surface area (Å²) in [5, 5.41) is 3.47. The summed E-state index contributed by atoms with van der Waals surface area (Å²) in [6.45, 7) is 5.75. The fraction of sp³-hybridized carbons (Fsp3) is 0.538. The number of nitrogens with one attached hydrogen (secondary N) is 1. The summed E-state index contributed by atoms with van der Waals surface area (Å²) in [5.41, 5.74) is 1.13. The molecule has 4 rings (SSSR count). The molecule has 4 heterocycles. The molecule has 5 nitrogen and oxygen atoms in total. The van der Waals surface area contributed by atoms with Crippen LogP contribution in [0.25, 0.3) is 5.78 Å². The van der Waals surface area contributed by atoms with Crippen LogP contribution < -0.4 is 5.32 Å². The van der Waals surface area contributed by atoms with Crippen molar-refractivity contribution in [1.29, 1.82) is 0 Å².